The van der Waals surface area contributed by atoms with Gasteiger partial charge in [-0.15, -0.1) is 0 Å². The predicted octanol–water partition coefficient (Wildman–Crippen LogP) is 2.54. The molecular weight excluding hydrogens is 264 g/mol. The van der Waals surface area contributed by atoms with Gasteiger partial charge in [-0.3, -0.25) is 4.79 Å². The number of sulfone groups is 1. The first-order valence-electron chi connectivity index (χ1n) is 6.26. The molecule has 0 amide bonds. The molecule has 0 heterocycles. The normalized spacial score (nSPS) is 11.6. The summed E-state index contributed by atoms with van der Waals surface area (Å²) in [5, 5.41) is 0. The summed E-state index contributed by atoms with van der Waals surface area (Å²) in [6, 6.07) is 6.92. The Morgan fingerprint density at radius 3 is 2.26 bits per heavy atom. The maximum absolute atomic E-state index is 12.0. The van der Waals surface area contributed by atoms with Crippen LogP contribution in [-0.4, -0.2) is 27.2 Å². The summed E-state index contributed by atoms with van der Waals surface area (Å²) in [5.41, 5.74) is 1.11. The van der Waals surface area contributed by atoms with E-state index in [1.54, 1.807) is 12.1 Å². The number of esters is 1. The molecule has 1 rings (SSSR count). The highest BCUT2D eigenvalue weighted by Gasteiger charge is 2.15. The SMILES string of the molecule is COC(=O)CCCS(=O)(=O)c1ccc(C(C)C)cc1. The van der Waals surface area contributed by atoms with Crippen molar-refractivity contribution in [3.8, 4) is 0 Å². The van der Waals surface area contributed by atoms with Gasteiger partial charge in [-0.25, -0.2) is 8.42 Å². The molecule has 0 spiro atoms. The van der Waals surface area contributed by atoms with Crippen LogP contribution in [0.1, 0.15) is 38.2 Å². The minimum atomic E-state index is -3.31. The standard InChI is InChI=1S/C14H20O4S/c1-11(2)12-6-8-13(9-7-12)19(16,17)10-4-5-14(15)18-3/h6-9,11H,4-5,10H2,1-3H3. The van der Waals surface area contributed by atoms with Crippen molar-refractivity contribution in [3.05, 3.63) is 29.8 Å². The van der Waals surface area contributed by atoms with Crippen molar-refractivity contribution in [2.24, 2.45) is 0 Å². The van der Waals surface area contributed by atoms with E-state index in [4.69, 9.17) is 0 Å². The largest absolute Gasteiger partial charge is 0.469 e. The van der Waals surface area contributed by atoms with Crippen LogP contribution in [0.15, 0.2) is 29.2 Å². The Kier molecular flexibility index (Phi) is 5.54. The monoisotopic (exact) mass is 284 g/mol. The van der Waals surface area contributed by atoms with Gasteiger partial charge in [0.05, 0.1) is 17.8 Å². The Bertz CT molecular complexity index is 515. The number of hydrogen-bond acceptors (Lipinski definition) is 4. The average molecular weight is 284 g/mol. The molecule has 0 bridgehead atoms. The molecule has 0 radical (unpaired) electrons. The number of rotatable bonds is 6. The molecule has 0 N–H and O–H groups in total. The summed E-state index contributed by atoms with van der Waals surface area (Å²) in [4.78, 5) is 11.2. The van der Waals surface area contributed by atoms with E-state index < -0.39 is 9.84 Å². The third-order valence-electron chi connectivity index (χ3n) is 2.93. The third-order valence-corrected chi connectivity index (χ3v) is 4.74. The Hall–Kier alpha value is -1.36. The van der Waals surface area contributed by atoms with Crippen LogP contribution in [0.3, 0.4) is 0 Å². The highest BCUT2D eigenvalue weighted by molar-refractivity contribution is 7.91. The van der Waals surface area contributed by atoms with E-state index in [0.29, 0.717) is 10.8 Å². The topological polar surface area (TPSA) is 60.4 Å². The van der Waals surface area contributed by atoms with Gasteiger partial charge in [-0.05, 0) is 30.0 Å². The second-order valence-electron chi connectivity index (χ2n) is 4.72. The van der Waals surface area contributed by atoms with E-state index in [-0.39, 0.29) is 24.6 Å². The lowest BCUT2D eigenvalue weighted by Crippen LogP contribution is -2.09. The minimum Gasteiger partial charge on any atom is -0.469 e. The summed E-state index contributed by atoms with van der Waals surface area (Å²) in [6.45, 7) is 4.11. The van der Waals surface area contributed by atoms with Crippen LogP contribution < -0.4 is 0 Å². The highest BCUT2D eigenvalue weighted by Crippen LogP contribution is 2.18. The molecular formula is C14H20O4S. The van der Waals surface area contributed by atoms with Crippen molar-refractivity contribution in [2.75, 3.05) is 12.9 Å². The fraction of sp³-hybridized carbons (Fsp3) is 0.500. The maximum atomic E-state index is 12.0. The fourth-order valence-corrected chi connectivity index (χ4v) is 3.00. The third kappa shape index (κ3) is 4.67. The number of methoxy groups -OCH3 is 1. The van der Waals surface area contributed by atoms with Crippen LogP contribution in [0.25, 0.3) is 0 Å². The second kappa shape index (κ2) is 6.70. The van der Waals surface area contributed by atoms with Crippen LogP contribution in [0, 0.1) is 0 Å². The molecule has 1 aromatic rings. The smallest absolute Gasteiger partial charge is 0.305 e. The Morgan fingerprint density at radius 2 is 1.79 bits per heavy atom. The second-order valence-corrected chi connectivity index (χ2v) is 6.83. The summed E-state index contributed by atoms with van der Waals surface area (Å²) < 4.78 is 28.5. The first kappa shape index (κ1) is 15.7. The molecule has 5 heteroatoms. The van der Waals surface area contributed by atoms with Crippen molar-refractivity contribution in [1.82, 2.24) is 0 Å². The molecule has 0 aliphatic heterocycles. The van der Waals surface area contributed by atoms with Crippen LogP contribution in [0.5, 0.6) is 0 Å². The maximum Gasteiger partial charge on any atom is 0.305 e. The van der Waals surface area contributed by atoms with Crippen molar-refractivity contribution in [2.45, 2.75) is 37.5 Å². The molecule has 0 unspecified atom stereocenters. The van der Waals surface area contributed by atoms with Crippen LogP contribution in [-0.2, 0) is 19.4 Å². The van der Waals surface area contributed by atoms with Gasteiger partial charge in [0.2, 0.25) is 0 Å². The predicted molar refractivity (Wildman–Crippen MR) is 73.8 cm³/mol. The van der Waals surface area contributed by atoms with Crippen molar-refractivity contribution in [3.63, 3.8) is 0 Å². The molecule has 0 saturated carbocycles. The van der Waals surface area contributed by atoms with Gasteiger partial charge >= 0.3 is 5.97 Å². The number of benzene rings is 1. The van der Waals surface area contributed by atoms with Gasteiger partial charge in [0.15, 0.2) is 9.84 Å². The molecule has 0 aliphatic rings. The van der Waals surface area contributed by atoms with E-state index in [0.717, 1.165) is 5.56 Å². The Morgan fingerprint density at radius 1 is 1.21 bits per heavy atom. The van der Waals surface area contributed by atoms with Gasteiger partial charge in [-0.1, -0.05) is 26.0 Å². The fourth-order valence-electron chi connectivity index (χ4n) is 1.69. The molecule has 0 aliphatic carbocycles. The zero-order valence-electron chi connectivity index (χ0n) is 11.5. The lowest BCUT2D eigenvalue weighted by atomic mass is 10.0. The van der Waals surface area contributed by atoms with Crippen molar-refractivity contribution in [1.29, 1.82) is 0 Å². The number of carbonyl (C=O) groups is 1. The Balaban J connectivity index is 2.69. The van der Waals surface area contributed by atoms with Gasteiger partial charge in [0.25, 0.3) is 0 Å². The minimum absolute atomic E-state index is 0.0386. The highest BCUT2D eigenvalue weighted by atomic mass is 32.2. The molecule has 106 valence electrons. The Labute approximate surface area is 114 Å². The average Bonchev–Trinajstić information content (AvgIpc) is 2.38. The number of ether oxygens (including phenoxy) is 1. The van der Waals surface area contributed by atoms with Gasteiger partial charge in [-0.2, -0.15) is 0 Å². The lowest BCUT2D eigenvalue weighted by molar-refractivity contribution is -0.140. The van der Waals surface area contributed by atoms with E-state index in [1.165, 1.54) is 7.11 Å². The van der Waals surface area contributed by atoms with Crippen LogP contribution in [0.4, 0.5) is 0 Å². The summed E-state index contributed by atoms with van der Waals surface area (Å²) in [7, 11) is -2.02. The molecule has 0 aromatic heterocycles. The van der Waals surface area contributed by atoms with Crippen molar-refractivity contribution >= 4 is 15.8 Å². The molecule has 1 aromatic carbocycles. The lowest BCUT2D eigenvalue weighted by Gasteiger charge is -2.07. The summed E-state index contributed by atoms with van der Waals surface area (Å²) >= 11 is 0. The van der Waals surface area contributed by atoms with E-state index >= 15 is 0 Å². The van der Waals surface area contributed by atoms with Crippen LogP contribution in [0.2, 0.25) is 0 Å². The number of hydrogen-bond donors (Lipinski definition) is 0. The van der Waals surface area contributed by atoms with Crippen LogP contribution >= 0.6 is 0 Å². The molecule has 19 heavy (non-hydrogen) atoms. The van der Waals surface area contributed by atoms with Crippen molar-refractivity contribution < 1.29 is 17.9 Å². The molecule has 4 nitrogen and oxygen atoms in total. The molecule has 0 atom stereocenters. The van der Waals surface area contributed by atoms with E-state index in [2.05, 4.69) is 18.6 Å². The van der Waals surface area contributed by atoms with E-state index in [9.17, 15) is 13.2 Å². The quantitative estimate of drug-likeness (QED) is 0.753. The first-order chi connectivity index (χ1) is 8.86. The summed E-state index contributed by atoms with van der Waals surface area (Å²) in [5.74, 6) is -0.0511. The van der Waals surface area contributed by atoms with E-state index in [1.807, 2.05) is 12.1 Å². The zero-order chi connectivity index (χ0) is 14.5. The zero-order valence-corrected chi connectivity index (χ0v) is 12.4. The molecule has 0 saturated heterocycles. The molecule has 0 fully saturated rings. The number of carbonyl (C=O) groups excluding carboxylic acids is 1. The van der Waals surface area contributed by atoms with Gasteiger partial charge in [0, 0.05) is 6.42 Å². The van der Waals surface area contributed by atoms with Gasteiger partial charge < -0.3 is 4.74 Å². The summed E-state index contributed by atoms with van der Waals surface area (Å²) in [6.07, 6.45) is 0.404. The van der Waals surface area contributed by atoms with Gasteiger partial charge in [0.1, 0.15) is 0 Å². The first-order valence-corrected chi connectivity index (χ1v) is 7.91.